The van der Waals surface area contributed by atoms with Crippen molar-refractivity contribution in [2.75, 3.05) is 5.32 Å². The second-order valence-electron chi connectivity index (χ2n) is 6.07. The first-order valence-corrected chi connectivity index (χ1v) is 8.00. The summed E-state index contributed by atoms with van der Waals surface area (Å²) in [6.45, 7) is 4.14. The van der Waals surface area contributed by atoms with Crippen LogP contribution in [0.4, 0.5) is 5.69 Å². The van der Waals surface area contributed by atoms with Crippen molar-refractivity contribution in [3.05, 3.63) is 54.6 Å². The van der Waals surface area contributed by atoms with E-state index in [0.29, 0.717) is 22.8 Å². The summed E-state index contributed by atoms with van der Waals surface area (Å²) in [5.41, 5.74) is 2.54. The molecule has 0 spiro atoms. The molecule has 4 rings (SSSR count). The van der Waals surface area contributed by atoms with Crippen LogP contribution in [-0.2, 0) is 0 Å². The largest absolute Gasteiger partial charge is 0.463 e. The Morgan fingerprint density at radius 1 is 1.28 bits per heavy atom. The topological polar surface area (TPSA) is 88.7 Å². The number of carbonyl (C=O) groups is 1. The number of aromatic nitrogens is 4. The van der Waals surface area contributed by atoms with Gasteiger partial charge in [-0.15, -0.1) is 0 Å². The lowest BCUT2D eigenvalue weighted by Gasteiger charge is -2.02. The average molecular weight is 335 g/mol. The molecule has 0 aliphatic carbocycles. The van der Waals surface area contributed by atoms with Gasteiger partial charge in [0.2, 0.25) is 0 Å². The molecule has 3 heterocycles. The lowest BCUT2D eigenvalue weighted by atomic mass is 10.2. The number of hydrogen-bond donors (Lipinski definition) is 2. The minimum atomic E-state index is -0.287. The molecule has 7 nitrogen and oxygen atoms in total. The van der Waals surface area contributed by atoms with Crippen molar-refractivity contribution in [3.63, 3.8) is 0 Å². The summed E-state index contributed by atoms with van der Waals surface area (Å²) in [5, 5.41) is 15.2. The molecule has 2 N–H and O–H groups in total. The van der Waals surface area contributed by atoms with E-state index in [4.69, 9.17) is 4.42 Å². The summed E-state index contributed by atoms with van der Waals surface area (Å²) in [6.07, 6.45) is 3.54. The van der Waals surface area contributed by atoms with E-state index in [0.717, 1.165) is 10.9 Å². The Kier molecular flexibility index (Phi) is 3.61. The van der Waals surface area contributed by atoms with Crippen molar-refractivity contribution in [2.24, 2.45) is 0 Å². The van der Waals surface area contributed by atoms with Crippen molar-refractivity contribution in [2.45, 2.75) is 19.9 Å². The van der Waals surface area contributed by atoms with Crippen LogP contribution in [-0.4, -0.2) is 25.9 Å². The zero-order valence-electron chi connectivity index (χ0n) is 13.9. The number of H-pyrrole nitrogens is 1. The molecule has 0 radical (unpaired) electrons. The number of benzene rings is 1. The van der Waals surface area contributed by atoms with Gasteiger partial charge < -0.3 is 9.73 Å². The fourth-order valence-corrected chi connectivity index (χ4v) is 2.58. The lowest BCUT2D eigenvalue weighted by molar-refractivity contribution is 0.102. The SMILES string of the molecule is CC(C)n1cc2cc(NC(=O)c3cc(-c4ccco4)[nH]n3)ccc2n1. The van der Waals surface area contributed by atoms with Crippen molar-refractivity contribution in [1.29, 1.82) is 0 Å². The molecule has 0 aliphatic rings. The number of anilines is 1. The van der Waals surface area contributed by atoms with Gasteiger partial charge >= 0.3 is 0 Å². The quantitative estimate of drug-likeness (QED) is 0.593. The number of carbonyl (C=O) groups excluding carboxylic acids is 1. The minimum Gasteiger partial charge on any atom is -0.463 e. The van der Waals surface area contributed by atoms with Gasteiger partial charge in [0.1, 0.15) is 5.69 Å². The van der Waals surface area contributed by atoms with Crippen molar-refractivity contribution < 1.29 is 9.21 Å². The van der Waals surface area contributed by atoms with E-state index in [-0.39, 0.29) is 11.9 Å². The molecule has 0 saturated heterocycles. The molecular weight excluding hydrogens is 318 g/mol. The van der Waals surface area contributed by atoms with Crippen LogP contribution in [0.3, 0.4) is 0 Å². The van der Waals surface area contributed by atoms with Gasteiger partial charge in [-0.3, -0.25) is 14.6 Å². The van der Waals surface area contributed by atoms with Crippen LogP contribution in [0.2, 0.25) is 0 Å². The van der Waals surface area contributed by atoms with Crippen LogP contribution in [0, 0.1) is 0 Å². The van der Waals surface area contributed by atoms with Crippen molar-refractivity contribution in [3.8, 4) is 11.5 Å². The molecule has 0 saturated carbocycles. The normalized spacial score (nSPS) is 11.3. The number of amides is 1. The van der Waals surface area contributed by atoms with Gasteiger partial charge in [-0.2, -0.15) is 10.2 Å². The molecule has 1 aromatic carbocycles. The molecular formula is C18H17N5O2. The molecule has 3 aromatic heterocycles. The predicted molar refractivity (Wildman–Crippen MR) is 94.4 cm³/mol. The highest BCUT2D eigenvalue weighted by Gasteiger charge is 2.13. The van der Waals surface area contributed by atoms with Gasteiger partial charge in [0, 0.05) is 29.4 Å². The van der Waals surface area contributed by atoms with E-state index < -0.39 is 0 Å². The highest BCUT2D eigenvalue weighted by molar-refractivity contribution is 6.04. The minimum absolute atomic E-state index is 0.287. The first-order chi connectivity index (χ1) is 12.1. The molecule has 4 aromatic rings. The number of nitrogens with zero attached hydrogens (tertiary/aromatic N) is 3. The maximum Gasteiger partial charge on any atom is 0.276 e. The van der Waals surface area contributed by atoms with Crippen LogP contribution < -0.4 is 5.32 Å². The Morgan fingerprint density at radius 3 is 2.92 bits per heavy atom. The molecule has 0 fully saturated rings. The van der Waals surface area contributed by atoms with E-state index in [9.17, 15) is 4.79 Å². The Labute approximate surface area is 143 Å². The first kappa shape index (κ1) is 15.2. The first-order valence-electron chi connectivity index (χ1n) is 8.00. The molecule has 0 aliphatic heterocycles. The summed E-state index contributed by atoms with van der Waals surface area (Å²) >= 11 is 0. The zero-order chi connectivity index (χ0) is 17.4. The van der Waals surface area contributed by atoms with Crippen LogP contribution in [0.15, 0.2) is 53.3 Å². The van der Waals surface area contributed by atoms with Crippen molar-refractivity contribution in [1.82, 2.24) is 20.0 Å². The second-order valence-corrected chi connectivity index (χ2v) is 6.07. The number of rotatable bonds is 4. The van der Waals surface area contributed by atoms with Crippen LogP contribution in [0.5, 0.6) is 0 Å². The molecule has 0 atom stereocenters. The Morgan fingerprint density at radius 2 is 2.16 bits per heavy atom. The molecule has 126 valence electrons. The third kappa shape index (κ3) is 2.91. The Balaban J connectivity index is 1.55. The van der Waals surface area contributed by atoms with Crippen molar-refractivity contribution >= 4 is 22.5 Å². The maximum absolute atomic E-state index is 12.4. The number of nitrogens with one attached hydrogen (secondary N) is 2. The summed E-state index contributed by atoms with van der Waals surface area (Å²) < 4.78 is 7.19. The van der Waals surface area contributed by atoms with Gasteiger partial charge in [0.25, 0.3) is 5.91 Å². The molecule has 1 amide bonds. The Bertz CT molecular complexity index is 1030. The summed E-state index contributed by atoms with van der Waals surface area (Å²) in [4.78, 5) is 12.4. The van der Waals surface area contributed by atoms with E-state index in [1.165, 1.54) is 0 Å². The highest BCUT2D eigenvalue weighted by atomic mass is 16.3. The number of aromatic amines is 1. The summed E-state index contributed by atoms with van der Waals surface area (Å²) in [5.74, 6) is 0.346. The lowest BCUT2D eigenvalue weighted by Crippen LogP contribution is -2.12. The number of fused-ring (bicyclic) bond motifs is 1. The van der Waals surface area contributed by atoms with Gasteiger partial charge in [-0.1, -0.05) is 0 Å². The van der Waals surface area contributed by atoms with Crippen LogP contribution >= 0.6 is 0 Å². The summed E-state index contributed by atoms with van der Waals surface area (Å²) in [7, 11) is 0. The molecule has 0 bridgehead atoms. The van der Waals surface area contributed by atoms with Crippen LogP contribution in [0.25, 0.3) is 22.4 Å². The highest BCUT2D eigenvalue weighted by Crippen LogP contribution is 2.21. The third-order valence-electron chi connectivity index (χ3n) is 3.91. The fraction of sp³-hybridized carbons (Fsp3) is 0.167. The van der Waals surface area contributed by atoms with E-state index in [1.54, 1.807) is 24.5 Å². The summed E-state index contributed by atoms with van der Waals surface area (Å²) in [6, 6.07) is 11.1. The standard InChI is InChI=1S/C18H17N5O2/c1-11(2)23-10-12-8-13(5-6-14(12)22-23)19-18(24)16-9-15(20-21-16)17-4-3-7-25-17/h3-11H,1-2H3,(H,19,24)(H,20,21). The van der Waals surface area contributed by atoms with Gasteiger partial charge in [-0.05, 0) is 44.2 Å². The predicted octanol–water partition coefficient (Wildman–Crippen LogP) is 3.85. The van der Waals surface area contributed by atoms with Crippen LogP contribution in [0.1, 0.15) is 30.4 Å². The maximum atomic E-state index is 12.4. The monoisotopic (exact) mass is 335 g/mol. The smallest absolute Gasteiger partial charge is 0.276 e. The van der Waals surface area contributed by atoms with Gasteiger partial charge in [0.05, 0.1) is 11.8 Å². The molecule has 7 heteroatoms. The Hall–Kier alpha value is -3.35. The van der Waals surface area contributed by atoms with E-state index in [2.05, 4.69) is 34.5 Å². The molecule has 0 unspecified atom stereocenters. The van der Waals surface area contributed by atoms with E-state index >= 15 is 0 Å². The average Bonchev–Trinajstić information content (AvgIpc) is 3.33. The third-order valence-corrected chi connectivity index (χ3v) is 3.91. The van der Waals surface area contributed by atoms with Gasteiger partial charge in [-0.25, -0.2) is 0 Å². The van der Waals surface area contributed by atoms with Gasteiger partial charge in [0.15, 0.2) is 11.5 Å². The molecule has 25 heavy (non-hydrogen) atoms. The number of furan rings is 1. The number of hydrogen-bond acceptors (Lipinski definition) is 4. The zero-order valence-corrected chi connectivity index (χ0v) is 13.9. The fourth-order valence-electron chi connectivity index (χ4n) is 2.58. The van der Waals surface area contributed by atoms with E-state index in [1.807, 2.05) is 29.1 Å². The second kappa shape index (κ2) is 5.94.